The fraction of sp³-hybridized carbons (Fsp3) is 0.727. The van der Waals surface area contributed by atoms with Gasteiger partial charge in [0.05, 0.1) is 0 Å². The molecule has 1 unspecified atom stereocenters. The Hall–Kier alpha value is -1.30. The third-order valence-electron chi connectivity index (χ3n) is 2.04. The number of nitrogens with zero attached hydrogens (tertiary/aromatic N) is 1. The van der Waals surface area contributed by atoms with Gasteiger partial charge in [0.1, 0.15) is 11.9 Å². The van der Waals surface area contributed by atoms with Crippen molar-refractivity contribution in [3.8, 4) is 0 Å². The van der Waals surface area contributed by atoms with Crippen molar-refractivity contribution in [1.29, 1.82) is 0 Å². The zero-order valence-corrected chi connectivity index (χ0v) is 11.9. The molecule has 0 aromatic carbocycles. The van der Waals surface area contributed by atoms with Crippen LogP contribution in [0.1, 0.15) is 27.7 Å². The maximum absolute atomic E-state index is 11.7. The van der Waals surface area contributed by atoms with Crippen LogP contribution in [-0.4, -0.2) is 47.3 Å². The van der Waals surface area contributed by atoms with Gasteiger partial charge in [0.2, 0.25) is 11.8 Å². The summed E-state index contributed by atoms with van der Waals surface area (Å²) in [5.41, 5.74) is 0. The van der Waals surface area contributed by atoms with Gasteiger partial charge >= 0.3 is 6.03 Å². The van der Waals surface area contributed by atoms with E-state index in [0.717, 1.165) is 0 Å². The maximum atomic E-state index is 11.7. The first-order valence-corrected chi connectivity index (χ1v) is 6.24. The van der Waals surface area contributed by atoms with Crippen molar-refractivity contribution in [1.82, 2.24) is 15.5 Å². The Balaban J connectivity index is 4.36. The third-order valence-corrected chi connectivity index (χ3v) is 2.24. The summed E-state index contributed by atoms with van der Waals surface area (Å²) in [4.78, 5) is 35.6. The summed E-state index contributed by atoms with van der Waals surface area (Å²) in [6.07, 6.45) is 0. The van der Waals surface area contributed by atoms with Crippen LogP contribution in [0.5, 0.6) is 0 Å². The lowest BCUT2D eigenvalue weighted by atomic mass is 10.3. The molecule has 4 amide bonds. The molecule has 0 saturated carbocycles. The first-order valence-electron chi connectivity index (χ1n) is 5.81. The van der Waals surface area contributed by atoms with E-state index >= 15 is 0 Å². The van der Waals surface area contributed by atoms with Crippen molar-refractivity contribution in [3.63, 3.8) is 0 Å². The highest BCUT2D eigenvalue weighted by atomic mass is 35.5. The predicted molar refractivity (Wildman–Crippen MR) is 69.4 cm³/mol. The molecule has 104 valence electrons. The molecule has 2 N–H and O–H groups in total. The monoisotopic (exact) mass is 277 g/mol. The summed E-state index contributed by atoms with van der Waals surface area (Å²) < 4.78 is 0. The summed E-state index contributed by atoms with van der Waals surface area (Å²) in [7, 11) is 0. The fourth-order valence-electron chi connectivity index (χ4n) is 1.15. The van der Waals surface area contributed by atoms with E-state index in [9.17, 15) is 14.4 Å². The molecule has 0 saturated heterocycles. The molecular weight excluding hydrogens is 258 g/mol. The molecule has 0 rings (SSSR count). The number of hydrogen-bond acceptors (Lipinski definition) is 3. The van der Waals surface area contributed by atoms with Gasteiger partial charge in [-0.25, -0.2) is 4.79 Å². The van der Waals surface area contributed by atoms with Crippen molar-refractivity contribution in [2.75, 3.05) is 13.1 Å². The second-order valence-corrected chi connectivity index (χ2v) is 4.80. The first-order chi connectivity index (χ1) is 8.27. The lowest BCUT2D eigenvalue weighted by Gasteiger charge is -2.21. The second-order valence-electron chi connectivity index (χ2n) is 4.15. The second kappa shape index (κ2) is 7.92. The van der Waals surface area contributed by atoms with Crippen molar-refractivity contribution < 1.29 is 14.4 Å². The minimum atomic E-state index is -0.794. The zero-order chi connectivity index (χ0) is 14.3. The first kappa shape index (κ1) is 16.7. The highest BCUT2D eigenvalue weighted by molar-refractivity contribution is 6.31. The Kier molecular flexibility index (Phi) is 7.35. The van der Waals surface area contributed by atoms with Gasteiger partial charge in [-0.3, -0.25) is 14.9 Å². The number of alkyl halides is 1. The van der Waals surface area contributed by atoms with Gasteiger partial charge in [0, 0.05) is 12.6 Å². The van der Waals surface area contributed by atoms with Crippen LogP contribution in [0.4, 0.5) is 4.79 Å². The van der Waals surface area contributed by atoms with Crippen LogP contribution in [0.15, 0.2) is 0 Å². The van der Waals surface area contributed by atoms with E-state index in [1.165, 1.54) is 11.8 Å². The van der Waals surface area contributed by atoms with E-state index in [1.54, 1.807) is 6.92 Å². The van der Waals surface area contributed by atoms with Crippen LogP contribution in [0.2, 0.25) is 0 Å². The molecule has 1 atom stereocenters. The van der Waals surface area contributed by atoms with Crippen molar-refractivity contribution >= 4 is 29.4 Å². The lowest BCUT2D eigenvalue weighted by molar-refractivity contribution is -0.123. The highest BCUT2D eigenvalue weighted by Gasteiger charge is 2.19. The summed E-state index contributed by atoms with van der Waals surface area (Å²) in [5.74, 6) is -0.849. The zero-order valence-electron chi connectivity index (χ0n) is 11.1. The summed E-state index contributed by atoms with van der Waals surface area (Å²) >= 11 is 5.53. The number of rotatable bonds is 5. The number of carbonyl (C=O) groups is 3. The normalized spacial score (nSPS) is 11.9. The van der Waals surface area contributed by atoms with Crippen molar-refractivity contribution in [3.05, 3.63) is 0 Å². The molecule has 0 radical (unpaired) electrons. The van der Waals surface area contributed by atoms with Crippen molar-refractivity contribution in [2.45, 2.75) is 39.1 Å². The topological polar surface area (TPSA) is 78.5 Å². The molecule has 18 heavy (non-hydrogen) atoms. The molecule has 0 bridgehead atoms. The summed E-state index contributed by atoms with van der Waals surface area (Å²) in [6, 6.07) is -0.613. The largest absolute Gasteiger partial charge is 0.352 e. The van der Waals surface area contributed by atoms with Gasteiger partial charge < -0.3 is 10.2 Å². The lowest BCUT2D eigenvalue weighted by Crippen LogP contribution is -2.49. The average Bonchev–Trinajstić information content (AvgIpc) is 2.24. The molecule has 0 aliphatic carbocycles. The van der Waals surface area contributed by atoms with Crippen LogP contribution in [0.3, 0.4) is 0 Å². The molecule has 0 spiro atoms. The number of nitrogens with one attached hydrogen (secondary N) is 2. The minimum absolute atomic E-state index is 0.00348. The van der Waals surface area contributed by atoms with Gasteiger partial charge in [0.25, 0.3) is 0 Å². The van der Waals surface area contributed by atoms with Gasteiger partial charge in [0.15, 0.2) is 0 Å². The van der Waals surface area contributed by atoms with E-state index in [4.69, 9.17) is 11.6 Å². The number of amides is 4. The Bertz CT molecular complexity index is 319. The minimum Gasteiger partial charge on any atom is -0.352 e. The molecule has 7 heteroatoms. The maximum Gasteiger partial charge on any atom is 0.324 e. The van der Waals surface area contributed by atoms with Gasteiger partial charge in [-0.1, -0.05) is 0 Å². The number of imide groups is 1. The molecule has 0 aromatic rings. The van der Waals surface area contributed by atoms with E-state index in [-0.39, 0.29) is 18.5 Å². The number of urea groups is 1. The number of likely N-dealkylation sites (N-methyl/N-ethyl adjacent to an activating group) is 1. The molecule has 0 fully saturated rings. The Morgan fingerprint density at radius 3 is 2.17 bits per heavy atom. The number of halogens is 1. The average molecular weight is 278 g/mol. The summed E-state index contributed by atoms with van der Waals surface area (Å²) in [5, 5.41) is 4.00. The Morgan fingerprint density at radius 1 is 1.22 bits per heavy atom. The molecule has 0 aliphatic heterocycles. The van der Waals surface area contributed by atoms with E-state index < -0.39 is 17.3 Å². The number of carbonyl (C=O) groups excluding carboxylic acids is 3. The summed E-state index contributed by atoms with van der Waals surface area (Å²) in [6.45, 7) is 7.06. The molecule has 6 nitrogen and oxygen atoms in total. The van der Waals surface area contributed by atoms with E-state index in [0.29, 0.717) is 6.54 Å². The Labute approximate surface area is 112 Å². The molecule has 0 heterocycles. The third kappa shape index (κ3) is 6.44. The van der Waals surface area contributed by atoms with Crippen LogP contribution in [0, 0.1) is 0 Å². The molecule has 0 aromatic heterocycles. The smallest absolute Gasteiger partial charge is 0.324 e. The van der Waals surface area contributed by atoms with Gasteiger partial charge in [-0.2, -0.15) is 0 Å². The fourth-order valence-corrected chi connectivity index (χ4v) is 1.21. The standard InChI is InChI=1S/C11H20ClN3O3/c1-5-15(6-9(16)13-7(2)3)11(18)14-10(17)8(4)12/h7-8H,5-6H2,1-4H3,(H,13,16)(H,14,17,18). The van der Waals surface area contributed by atoms with Crippen LogP contribution in [-0.2, 0) is 9.59 Å². The van der Waals surface area contributed by atoms with Gasteiger partial charge in [-0.15, -0.1) is 11.6 Å². The van der Waals surface area contributed by atoms with Gasteiger partial charge in [-0.05, 0) is 27.7 Å². The molecule has 0 aliphatic rings. The number of hydrogen-bond donors (Lipinski definition) is 2. The van der Waals surface area contributed by atoms with Crippen LogP contribution >= 0.6 is 11.6 Å². The van der Waals surface area contributed by atoms with Crippen LogP contribution < -0.4 is 10.6 Å². The SMILES string of the molecule is CCN(CC(=O)NC(C)C)C(=O)NC(=O)C(C)Cl. The van der Waals surface area contributed by atoms with E-state index in [2.05, 4.69) is 10.6 Å². The van der Waals surface area contributed by atoms with Crippen LogP contribution in [0.25, 0.3) is 0 Å². The van der Waals surface area contributed by atoms with E-state index in [1.807, 2.05) is 13.8 Å². The Morgan fingerprint density at radius 2 is 1.78 bits per heavy atom. The molecular formula is C11H20ClN3O3. The van der Waals surface area contributed by atoms with Crippen molar-refractivity contribution in [2.24, 2.45) is 0 Å². The quantitative estimate of drug-likeness (QED) is 0.726. The highest BCUT2D eigenvalue weighted by Crippen LogP contribution is 1.95. The predicted octanol–water partition coefficient (Wildman–Crippen LogP) is 0.696.